The highest BCUT2D eigenvalue weighted by molar-refractivity contribution is 8.14. The molecule has 0 fully saturated rings. The van der Waals surface area contributed by atoms with Crippen LogP contribution < -0.4 is 5.32 Å². The van der Waals surface area contributed by atoms with E-state index in [0.717, 1.165) is 11.7 Å². The molecule has 3 heteroatoms. The van der Waals surface area contributed by atoms with E-state index in [1.807, 2.05) is 11.8 Å². The number of amidine groups is 1. The molecule has 0 amide bonds. The number of hydrogen-bond acceptors (Lipinski definition) is 3. The number of nitrogens with one attached hydrogen (secondary N) is 1. The van der Waals surface area contributed by atoms with Crippen LogP contribution >= 0.6 is 11.8 Å². The van der Waals surface area contributed by atoms with Crippen LogP contribution in [0.2, 0.25) is 0 Å². The molecular formula is C10H20N2S. The topological polar surface area (TPSA) is 24.4 Å². The van der Waals surface area contributed by atoms with E-state index >= 15 is 0 Å². The van der Waals surface area contributed by atoms with E-state index in [9.17, 15) is 0 Å². The second-order valence-electron chi connectivity index (χ2n) is 4.92. The normalized spacial score (nSPS) is 23.5. The monoisotopic (exact) mass is 200 g/mol. The summed E-state index contributed by atoms with van der Waals surface area (Å²) in [5, 5.41) is 5.11. The van der Waals surface area contributed by atoms with Crippen molar-refractivity contribution in [2.45, 2.75) is 45.9 Å². The predicted molar refractivity (Wildman–Crippen MR) is 61.4 cm³/mol. The van der Waals surface area contributed by atoms with Crippen LogP contribution in [0.15, 0.2) is 4.99 Å². The summed E-state index contributed by atoms with van der Waals surface area (Å²) in [7, 11) is 0. The molecule has 0 bridgehead atoms. The van der Waals surface area contributed by atoms with Gasteiger partial charge >= 0.3 is 0 Å². The van der Waals surface area contributed by atoms with E-state index in [-0.39, 0.29) is 0 Å². The summed E-state index contributed by atoms with van der Waals surface area (Å²) in [6.07, 6.45) is 0. The molecule has 76 valence electrons. The van der Waals surface area contributed by atoms with Crippen molar-refractivity contribution in [2.75, 3.05) is 6.54 Å². The maximum atomic E-state index is 4.49. The third-order valence-corrected chi connectivity index (χ3v) is 3.64. The van der Waals surface area contributed by atoms with Gasteiger partial charge in [-0.15, -0.1) is 0 Å². The second kappa shape index (κ2) is 3.91. The Kier molecular flexibility index (Phi) is 3.28. The maximum Gasteiger partial charge on any atom is 0.157 e. The molecular weight excluding hydrogens is 180 g/mol. The maximum absolute atomic E-state index is 4.49. The van der Waals surface area contributed by atoms with Crippen molar-refractivity contribution in [3.63, 3.8) is 0 Å². The number of hydrogen-bond donors (Lipinski definition) is 1. The fourth-order valence-corrected chi connectivity index (χ4v) is 2.38. The van der Waals surface area contributed by atoms with Crippen LogP contribution in [0.4, 0.5) is 0 Å². The second-order valence-corrected chi connectivity index (χ2v) is 6.11. The largest absolute Gasteiger partial charge is 0.363 e. The highest BCUT2D eigenvalue weighted by atomic mass is 32.2. The molecule has 0 saturated carbocycles. The average Bonchev–Trinajstić information content (AvgIpc) is 2.32. The molecule has 1 aliphatic rings. The predicted octanol–water partition coefficient (Wildman–Crippen LogP) is 2.50. The highest BCUT2D eigenvalue weighted by Crippen LogP contribution is 2.34. The summed E-state index contributed by atoms with van der Waals surface area (Å²) in [6, 6.07) is 0.491. The molecule has 0 radical (unpaired) electrons. The van der Waals surface area contributed by atoms with Crippen molar-refractivity contribution in [3.8, 4) is 0 Å². The quantitative estimate of drug-likeness (QED) is 0.703. The molecule has 1 atom stereocenters. The van der Waals surface area contributed by atoms with Crippen molar-refractivity contribution in [1.82, 2.24) is 5.32 Å². The van der Waals surface area contributed by atoms with Crippen molar-refractivity contribution < 1.29 is 0 Å². The Balaban J connectivity index is 2.43. The fraction of sp³-hybridized carbons (Fsp3) is 0.900. The van der Waals surface area contributed by atoms with Crippen molar-refractivity contribution in [2.24, 2.45) is 10.4 Å². The Morgan fingerprint density at radius 2 is 2.08 bits per heavy atom. The zero-order valence-electron chi connectivity index (χ0n) is 9.22. The smallest absolute Gasteiger partial charge is 0.157 e. The summed E-state index contributed by atoms with van der Waals surface area (Å²) < 4.78 is 0. The first-order chi connectivity index (χ1) is 5.89. The van der Waals surface area contributed by atoms with Crippen LogP contribution in [0.1, 0.15) is 34.6 Å². The van der Waals surface area contributed by atoms with Gasteiger partial charge in [-0.3, -0.25) is 4.99 Å². The Labute approximate surface area is 85.6 Å². The molecule has 1 aliphatic heterocycles. The molecule has 0 saturated heterocycles. The standard InChI is InChI=1S/C10H20N2S/c1-7(2)12-9-11-6-8(13-9)10(3,4)5/h7-8H,6H2,1-5H3,(H,11,12). The van der Waals surface area contributed by atoms with Crippen LogP contribution in [0.5, 0.6) is 0 Å². The lowest BCUT2D eigenvalue weighted by molar-refractivity contribution is 0.402. The van der Waals surface area contributed by atoms with E-state index in [1.165, 1.54) is 0 Å². The van der Waals surface area contributed by atoms with Gasteiger partial charge in [0, 0.05) is 11.3 Å². The van der Waals surface area contributed by atoms with Gasteiger partial charge in [-0.05, 0) is 19.3 Å². The van der Waals surface area contributed by atoms with Crippen molar-refractivity contribution in [3.05, 3.63) is 0 Å². The van der Waals surface area contributed by atoms with Gasteiger partial charge in [0.2, 0.25) is 0 Å². The van der Waals surface area contributed by atoms with Gasteiger partial charge in [0.15, 0.2) is 5.17 Å². The molecule has 1 heterocycles. The first-order valence-electron chi connectivity index (χ1n) is 4.87. The summed E-state index contributed by atoms with van der Waals surface area (Å²) in [5.74, 6) is 0. The number of nitrogens with zero attached hydrogens (tertiary/aromatic N) is 1. The van der Waals surface area contributed by atoms with Crippen LogP contribution in [0.3, 0.4) is 0 Å². The zero-order chi connectivity index (χ0) is 10.1. The lowest BCUT2D eigenvalue weighted by atomic mass is 9.92. The summed E-state index contributed by atoms with van der Waals surface area (Å²) >= 11 is 1.88. The van der Waals surface area contributed by atoms with E-state index in [1.54, 1.807) is 0 Å². The fourth-order valence-electron chi connectivity index (χ4n) is 1.15. The van der Waals surface area contributed by atoms with Gasteiger partial charge in [0.05, 0.1) is 6.54 Å². The molecule has 0 aromatic heterocycles. The Morgan fingerprint density at radius 3 is 2.46 bits per heavy atom. The van der Waals surface area contributed by atoms with Gasteiger partial charge in [0.25, 0.3) is 0 Å². The molecule has 1 N–H and O–H groups in total. The van der Waals surface area contributed by atoms with E-state index in [0.29, 0.717) is 16.7 Å². The minimum atomic E-state index is 0.356. The summed E-state index contributed by atoms with van der Waals surface area (Å²) in [4.78, 5) is 4.49. The van der Waals surface area contributed by atoms with E-state index in [2.05, 4.69) is 44.9 Å². The van der Waals surface area contributed by atoms with Gasteiger partial charge in [-0.2, -0.15) is 0 Å². The minimum absolute atomic E-state index is 0.356. The molecule has 2 nitrogen and oxygen atoms in total. The Hall–Kier alpha value is -0.180. The molecule has 13 heavy (non-hydrogen) atoms. The molecule has 1 rings (SSSR count). The summed E-state index contributed by atoms with van der Waals surface area (Å²) in [6.45, 7) is 12.1. The van der Waals surface area contributed by atoms with Gasteiger partial charge in [-0.1, -0.05) is 32.5 Å². The first kappa shape index (κ1) is 10.9. The summed E-state index contributed by atoms with van der Waals surface area (Å²) in [5.41, 5.74) is 0.356. The third-order valence-electron chi connectivity index (χ3n) is 2.03. The van der Waals surface area contributed by atoms with Crippen molar-refractivity contribution in [1.29, 1.82) is 0 Å². The van der Waals surface area contributed by atoms with E-state index < -0.39 is 0 Å². The minimum Gasteiger partial charge on any atom is -0.363 e. The molecule has 0 spiro atoms. The molecule has 0 aromatic carbocycles. The number of rotatable bonds is 1. The van der Waals surface area contributed by atoms with Crippen LogP contribution in [-0.4, -0.2) is 23.0 Å². The van der Waals surface area contributed by atoms with Gasteiger partial charge < -0.3 is 5.32 Å². The Morgan fingerprint density at radius 1 is 1.46 bits per heavy atom. The average molecular weight is 200 g/mol. The Bertz CT molecular complexity index is 203. The van der Waals surface area contributed by atoms with E-state index in [4.69, 9.17) is 0 Å². The highest BCUT2D eigenvalue weighted by Gasteiger charge is 2.30. The lowest BCUT2D eigenvalue weighted by Gasteiger charge is -2.25. The van der Waals surface area contributed by atoms with Gasteiger partial charge in [0.1, 0.15) is 0 Å². The molecule has 1 unspecified atom stereocenters. The molecule has 0 aliphatic carbocycles. The van der Waals surface area contributed by atoms with Crippen LogP contribution in [0.25, 0.3) is 0 Å². The zero-order valence-corrected chi connectivity index (χ0v) is 10.0. The molecule has 0 aromatic rings. The lowest BCUT2D eigenvalue weighted by Crippen LogP contribution is -2.29. The van der Waals surface area contributed by atoms with Crippen LogP contribution in [-0.2, 0) is 0 Å². The first-order valence-corrected chi connectivity index (χ1v) is 5.75. The van der Waals surface area contributed by atoms with Crippen molar-refractivity contribution >= 4 is 16.9 Å². The number of aliphatic imine (C=N–C) groups is 1. The van der Waals surface area contributed by atoms with Crippen LogP contribution in [0, 0.1) is 5.41 Å². The third kappa shape index (κ3) is 3.22. The number of thioether (sulfide) groups is 1. The van der Waals surface area contributed by atoms with Gasteiger partial charge in [-0.25, -0.2) is 0 Å². The SMILES string of the molecule is CC(C)NC1=NCC(C(C)(C)C)S1.